The Labute approximate surface area is 113 Å². The van der Waals surface area contributed by atoms with Crippen LogP contribution >= 0.6 is 12.4 Å². The molecule has 0 saturated carbocycles. The van der Waals surface area contributed by atoms with Crippen molar-refractivity contribution in [1.29, 1.82) is 0 Å². The second kappa shape index (κ2) is 5.69. The van der Waals surface area contributed by atoms with Gasteiger partial charge in [-0.25, -0.2) is 8.42 Å². The monoisotopic (exact) mass is 292 g/mol. The summed E-state index contributed by atoms with van der Waals surface area (Å²) in [6.45, 7) is 3.14. The Kier molecular flexibility index (Phi) is 5.34. The topological polar surface area (TPSA) is 89.3 Å². The average Bonchev–Trinajstić information content (AvgIpc) is 2.15. The molecule has 0 heterocycles. The Morgan fingerprint density at radius 2 is 1.89 bits per heavy atom. The third-order valence-electron chi connectivity index (χ3n) is 2.11. The molecular formula is C11H17ClN2O3S. The Bertz CT molecular complexity index is 535. The van der Waals surface area contributed by atoms with Crippen LogP contribution in [0.5, 0.6) is 0 Å². The molecule has 0 atom stereocenters. The second-order valence-corrected chi connectivity index (χ2v) is 6.49. The van der Waals surface area contributed by atoms with Crippen LogP contribution in [0.25, 0.3) is 0 Å². The minimum atomic E-state index is -3.28. The van der Waals surface area contributed by atoms with Gasteiger partial charge in [0, 0.05) is 11.9 Å². The van der Waals surface area contributed by atoms with Gasteiger partial charge in [0.05, 0.1) is 10.4 Å². The number of rotatable bonds is 3. The summed E-state index contributed by atoms with van der Waals surface area (Å²) in [5, 5.41) is 2.57. The van der Waals surface area contributed by atoms with E-state index in [1.165, 1.54) is 12.1 Å². The van der Waals surface area contributed by atoms with Crippen molar-refractivity contribution >= 4 is 33.8 Å². The largest absolute Gasteiger partial charge is 0.324 e. The summed E-state index contributed by atoms with van der Waals surface area (Å²) in [6, 6.07) is 6.05. The van der Waals surface area contributed by atoms with Gasteiger partial charge < -0.3 is 11.1 Å². The number of carbonyl (C=O) groups is 1. The van der Waals surface area contributed by atoms with Crippen molar-refractivity contribution in [1.82, 2.24) is 0 Å². The standard InChI is InChI=1S/C11H16N2O3S.ClH/c1-11(2,12)10(14)13-8-5-4-6-9(7-8)17(3,15)16;/h4-7H,12H2,1-3H3,(H,13,14);1H. The van der Waals surface area contributed by atoms with Gasteiger partial charge in [-0.1, -0.05) is 6.07 Å². The summed E-state index contributed by atoms with van der Waals surface area (Å²) in [6.07, 6.45) is 1.11. The molecule has 0 saturated heterocycles. The Balaban J connectivity index is 0.00000289. The fraction of sp³-hybridized carbons (Fsp3) is 0.364. The quantitative estimate of drug-likeness (QED) is 0.876. The molecule has 0 aliphatic heterocycles. The molecular weight excluding hydrogens is 276 g/mol. The van der Waals surface area contributed by atoms with Crippen molar-refractivity contribution < 1.29 is 13.2 Å². The molecule has 7 heteroatoms. The number of halogens is 1. The van der Waals surface area contributed by atoms with E-state index in [1.807, 2.05) is 0 Å². The number of nitrogens with two attached hydrogens (primary N) is 1. The minimum Gasteiger partial charge on any atom is -0.324 e. The third-order valence-corrected chi connectivity index (χ3v) is 3.22. The van der Waals surface area contributed by atoms with E-state index in [0.717, 1.165) is 6.26 Å². The fourth-order valence-corrected chi connectivity index (χ4v) is 1.76. The lowest BCUT2D eigenvalue weighted by Gasteiger charge is -2.17. The molecule has 3 N–H and O–H groups in total. The first-order valence-corrected chi connectivity index (χ1v) is 6.90. The van der Waals surface area contributed by atoms with E-state index in [1.54, 1.807) is 26.0 Å². The van der Waals surface area contributed by atoms with Crippen LogP contribution in [0.15, 0.2) is 29.2 Å². The van der Waals surface area contributed by atoms with Crippen LogP contribution in [-0.2, 0) is 14.6 Å². The zero-order valence-electron chi connectivity index (χ0n) is 10.4. The molecule has 1 amide bonds. The number of nitrogens with one attached hydrogen (secondary N) is 1. The third kappa shape index (κ3) is 4.64. The van der Waals surface area contributed by atoms with Crippen molar-refractivity contribution in [3.63, 3.8) is 0 Å². The van der Waals surface area contributed by atoms with Crippen molar-refractivity contribution in [3.8, 4) is 0 Å². The van der Waals surface area contributed by atoms with Gasteiger partial charge in [-0.3, -0.25) is 4.79 Å². The molecule has 1 aromatic rings. The summed E-state index contributed by atoms with van der Waals surface area (Å²) >= 11 is 0. The highest BCUT2D eigenvalue weighted by molar-refractivity contribution is 7.90. The number of amides is 1. The number of anilines is 1. The highest BCUT2D eigenvalue weighted by atomic mass is 35.5. The van der Waals surface area contributed by atoms with Crippen molar-refractivity contribution in [3.05, 3.63) is 24.3 Å². The predicted molar refractivity (Wildman–Crippen MR) is 73.7 cm³/mol. The number of carbonyl (C=O) groups excluding carboxylic acids is 1. The first-order chi connectivity index (χ1) is 7.60. The van der Waals surface area contributed by atoms with Crippen LogP contribution in [0.2, 0.25) is 0 Å². The minimum absolute atomic E-state index is 0. The summed E-state index contributed by atoms with van der Waals surface area (Å²) in [5.74, 6) is -0.372. The molecule has 0 aromatic heterocycles. The van der Waals surface area contributed by atoms with E-state index < -0.39 is 15.4 Å². The van der Waals surface area contributed by atoms with Crippen LogP contribution in [0.4, 0.5) is 5.69 Å². The lowest BCUT2D eigenvalue weighted by atomic mass is 10.1. The first kappa shape index (κ1) is 16.9. The lowest BCUT2D eigenvalue weighted by Crippen LogP contribution is -2.45. The van der Waals surface area contributed by atoms with Gasteiger partial charge in [-0.2, -0.15) is 0 Å². The van der Waals surface area contributed by atoms with Gasteiger partial charge >= 0.3 is 0 Å². The molecule has 0 bridgehead atoms. The molecule has 0 aliphatic carbocycles. The molecule has 5 nitrogen and oxygen atoms in total. The Morgan fingerprint density at radius 1 is 1.33 bits per heavy atom. The van der Waals surface area contributed by atoms with Crippen molar-refractivity contribution in [2.45, 2.75) is 24.3 Å². The van der Waals surface area contributed by atoms with Gasteiger partial charge in [0.25, 0.3) is 0 Å². The number of hydrogen-bond donors (Lipinski definition) is 2. The summed E-state index contributed by atoms with van der Waals surface area (Å²) in [7, 11) is -3.28. The average molecular weight is 293 g/mol. The van der Waals surface area contributed by atoms with Gasteiger partial charge in [0.1, 0.15) is 0 Å². The number of benzene rings is 1. The highest BCUT2D eigenvalue weighted by Crippen LogP contribution is 2.16. The van der Waals surface area contributed by atoms with E-state index in [0.29, 0.717) is 5.69 Å². The van der Waals surface area contributed by atoms with Crippen LogP contribution < -0.4 is 11.1 Å². The molecule has 0 spiro atoms. The van der Waals surface area contributed by atoms with Gasteiger partial charge in [0.15, 0.2) is 9.84 Å². The Morgan fingerprint density at radius 3 is 2.33 bits per heavy atom. The molecule has 18 heavy (non-hydrogen) atoms. The Hall–Kier alpha value is -1.11. The molecule has 1 rings (SSSR count). The summed E-state index contributed by atoms with van der Waals surface area (Å²) < 4.78 is 22.7. The zero-order chi connectivity index (χ0) is 13.3. The molecule has 1 aromatic carbocycles. The molecule has 0 fully saturated rings. The number of sulfone groups is 1. The van der Waals surface area contributed by atoms with E-state index in [9.17, 15) is 13.2 Å². The highest BCUT2D eigenvalue weighted by Gasteiger charge is 2.22. The maximum Gasteiger partial charge on any atom is 0.243 e. The zero-order valence-corrected chi connectivity index (χ0v) is 12.1. The predicted octanol–water partition coefficient (Wildman–Crippen LogP) is 1.19. The maximum atomic E-state index is 11.6. The van der Waals surface area contributed by atoms with Gasteiger partial charge in [-0.05, 0) is 32.0 Å². The van der Waals surface area contributed by atoms with Crippen LogP contribution in [0, 0.1) is 0 Å². The van der Waals surface area contributed by atoms with Crippen molar-refractivity contribution in [2.24, 2.45) is 5.73 Å². The fourth-order valence-electron chi connectivity index (χ4n) is 1.10. The SMILES string of the molecule is CC(C)(N)C(=O)Nc1cccc(S(C)(=O)=O)c1.Cl. The smallest absolute Gasteiger partial charge is 0.243 e. The molecule has 0 aliphatic rings. The van der Waals surface area contributed by atoms with E-state index in [2.05, 4.69) is 5.32 Å². The van der Waals surface area contributed by atoms with Crippen LogP contribution in [-0.4, -0.2) is 26.1 Å². The summed E-state index contributed by atoms with van der Waals surface area (Å²) in [4.78, 5) is 11.8. The maximum absolute atomic E-state index is 11.6. The van der Waals surface area contributed by atoms with Crippen LogP contribution in [0.1, 0.15) is 13.8 Å². The molecule has 0 radical (unpaired) electrons. The van der Waals surface area contributed by atoms with E-state index in [4.69, 9.17) is 5.73 Å². The van der Waals surface area contributed by atoms with Crippen LogP contribution in [0.3, 0.4) is 0 Å². The molecule has 102 valence electrons. The normalized spacial score (nSPS) is 11.6. The first-order valence-electron chi connectivity index (χ1n) is 5.01. The van der Waals surface area contributed by atoms with E-state index in [-0.39, 0.29) is 23.2 Å². The lowest BCUT2D eigenvalue weighted by molar-refractivity contribution is -0.120. The van der Waals surface area contributed by atoms with Gasteiger partial charge in [-0.15, -0.1) is 12.4 Å². The number of hydrogen-bond acceptors (Lipinski definition) is 4. The van der Waals surface area contributed by atoms with Crippen molar-refractivity contribution in [2.75, 3.05) is 11.6 Å². The molecule has 0 unspecified atom stereocenters. The second-order valence-electron chi connectivity index (χ2n) is 4.48. The van der Waals surface area contributed by atoms with Gasteiger partial charge in [0.2, 0.25) is 5.91 Å². The van der Waals surface area contributed by atoms with E-state index >= 15 is 0 Å². The summed E-state index contributed by atoms with van der Waals surface area (Å²) in [5.41, 5.74) is 5.02.